The molecule has 1 unspecified atom stereocenters. The SMILES string of the molecule is CC1Cc2ccccc2N(c2cccc(Cl)c2CCN)C1. The summed E-state index contributed by atoms with van der Waals surface area (Å²) in [5, 5.41) is 0.814. The number of nitrogens with two attached hydrogens (primary N) is 1. The first-order valence-corrected chi connectivity index (χ1v) is 7.91. The predicted octanol–water partition coefficient (Wildman–Crippen LogP) is 4.17. The van der Waals surface area contributed by atoms with Gasteiger partial charge in [0.2, 0.25) is 0 Å². The van der Waals surface area contributed by atoms with Crippen LogP contribution in [0.4, 0.5) is 11.4 Å². The van der Waals surface area contributed by atoms with Crippen LogP contribution in [0.5, 0.6) is 0 Å². The van der Waals surface area contributed by atoms with Crippen molar-refractivity contribution >= 4 is 23.0 Å². The predicted molar refractivity (Wildman–Crippen MR) is 90.5 cm³/mol. The summed E-state index contributed by atoms with van der Waals surface area (Å²) in [6.45, 7) is 3.94. The van der Waals surface area contributed by atoms with Crippen molar-refractivity contribution in [2.45, 2.75) is 19.8 Å². The van der Waals surface area contributed by atoms with Crippen molar-refractivity contribution in [1.29, 1.82) is 0 Å². The lowest BCUT2D eigenvalue weighted by molar-refractivity contribution is 0.561. The van der Waals surface area contributed by atoms with E-state index in [4.69, 9.17) is 17.3 Å². The summed E-state index contributed by atoms with van der Waals surface area (Å²) in [6, 6.07) is 14.8. The Morgan fingerprint density at radius 2 is 1.90 bits per heavy atom. The third-order valence-electron chi connectivity index (χ3n) is 4.12. The van der Waals surface area contributed by atoms with Crippen molar-refractivity contribution in [2.75, 3.05) is 18.0 Å². The molecule has 110 valence electrons. The standard InChI is InChI=1S/C18H21ClN2/c1-13-11-14-5-2-3-7-17(14)21(12-13)18-8-4-6-16(19)15(18)9-10-20/h2-8,13H,9-12,20H2,1H3. The largest absolute Gasteiger partial charge is 0.341 e. The van der Waals surface area contributed by atoms with Gasteiger partial charge < -0.3 is 10.6 Å². The molecule has 3 heteroatoms. The Balaban J connectivity index is 2.11. The zero-order valence-corrected chi connectivity index (χ0v) is 13.1. The Hall–Kier alpha value is -1.51. The maximum atomic E-state index is 6.41. The highest BCUT2D eigenvalue weighted by Crippen LogP contribution is 2.38. The molecular weight excluding hydrogens is 280 g/mol. The summed E-state index contributed by atoms with van der Waals surface area (Å²) in [7, 11) is 0. The lowest BCUT2D eigenvalue weighted by Crippen LogP contribution is -2.31. The summed E-state index contributed by atoms with van der Waals surface area (Å²) in [5.74, 6) is 0.629. The van der Waals surface area contributed by atoms with Crippen molar-refractivity contribution in [2.24, 2.45) is 11.7 Å². The number of nitrogens with zero attached hydrogens (tertiary/aromatic N) is 1. The molecule has 0 fully saturated rings. The molecule has 0 radical (unpaired) electrons. The normalized spacial score (nSPS) is 17.7. The molecule has 2 N–H and O–H groups in total. The minimum Gasteiger partial charge on any atom is -0.341 e. The number of hydrogen-bond donors (Lipinski definition) is 1. The van der Waals surface area contributed by atoms with E-state index in [1.54, 1.807) is 0 Å². The summed E-state index contributed by atoms with van der Waals surface area (Å²) >= 11 is 6.41. The smallest absolute Gasteiger partial charge is 0.0459 e. The molecule has 1 aliphatic heterocycles. The number of rotatable bonds is 3. The molecule has 1 atom stereocenters. The molecule has 1 aliphatic rings. The maximum Gasteiger partial charge on any atom is 0.0459 e. The molecule has 2 aromatic rings. The summed E-state index contributed by atoms with van der Waals surface area (Å²) in [4.78, 5) is 2.40. The Bertz CT molecular complexity index is 639. The van der Waals surface area contributed by atoms with Crippen molar-refractivity contribution in [1.82, 2.24) is 0 Å². The molecule has 0 saturated heterocycles. The van der Waals surface area contributed by atoms with E-state index in [9.17, 15) is 0 Å². The minimum atomic E-state index is 0.613. The monoisotopic (exact) mass is 300 g/mol. The molecule has 21 heavy (non-hydrogen) atoms. The van der Waals surface area contributed by atoms with Gasteiger partial charge in [0.15, 0.2) is 0 Å². The zero-order chi connectivity index (χ0) is 14.8. The van der Waals surface area contributed by atoms with Crippen LogP contribution in [-0.4, -0.2) is 13.1 Å². The summed E-state index contributed by atoms with van der Waals surface area (Å²) in [6.07, 6.45) is 1.95. The lowest BCUT2D eigenvalue weighted by Gasteiger charge is -2.36. The van der Waals surface area contributed by atoms with E-state index < -0.39 is 0 Å². The van der Waals surface area contributed by atoms with Crippen molar-refractivity contribution in [3.63, 3.8) is 0 Å². The van der Waals surface area contributed by atoms with Gasteiger partial charge in [-0.1, -0.05) is 42.8 Å². The van der Waals surface area contributed by atoms with Crippen molar-refractivity contribution in [3.05, 3.63) is 58.6 Å². The van der Waals surface area contributed by atoms with Gasteiger partial charge in [0.25, 0.3) is 0 Å². The van der Waals surface area contributed by atoms with E-state index in [0.717, 1.165) is 30.0 Å². The number of para-hydroxylation sites is 1. The molecule has 0 amide bonds. The number of fused-ring (bicyclic) bond motifs is 1. The fourth-order valence-corrected chi connectivity index (χ4v) is 3.48. The van der Waals surface area contributed by atoms with E-state index in [2.05, 4.69) is 42.2 Å². The molecule has 1 heterocycles. The molecule has 0 aromatic heterocycles. The van der Waals surface area contributed by atoms with Gasteiger partial charge in [-0.15, -0.1) is 0 Å². The van der Waals surface area contributed by atoms with Crippen LogP contribution in [0.15, 0.2) is 42.5 Å². The van der Waals surface area contributed by atoms with Crippen molar-refractivity contribution in [3.8, 4) is 0 Å². The number of anilines is 2. The summed E-state index contributed by atoms with van der Waals surface area (Å²) in [5.41, 5.74) is 10.8. The first-order chi connectivity index (χ1) is 10.2. The average Bonchev–Trinajstić information content (AvgIpc) is 2.48. The minimum absolute atomic E-state index is 0.613. The fourth-order valence-electron chi connectivity index (χ4n) is 3.22. The first kappa shape index (κ1) is 14.4. The second-order valence-corrected chi connectivity index (χ2v) is 6.23. The van der Waals surface area contributed by atoms with Crippen LogP contribution >= 0.6 is 11.6 Å². The fraction of sp³-hybridized carbons (Fsp3) is 0.333. The van der Waals surface area contributed by atoms with Crippen LogP contribution in [0.25, 0.3) is 0 Å². The van der Waals surface area contributed by atoms with E-state index in [1.807, 2.05) is 12.1 Å². The van der Waals surface area contributed by atoms with Gasteiger partial charge in [-0.05, 0) is 54.6 Å². The Kier molecular flexibility index (Phi) is 4.18. The van der Waals surface area contributed by atoms with Gasteiger partial charge >= 0.3 is 0 Å². The third-order valence-corrected chi connectivity index (χ3v) is 4.48. The number of hydrogen-bond acceptors (Lipinski definition) is 2. The van der Waals surface area contributed by atoms with Gasteiger partial charge in [-0.2, -0.15) is 0 Å². The van der Waals surface area contributed by atoms with Crippen molar-refractivity contribution < 1.29 is 0 Å². The van der Waals surface area contributed by atoms with E-state index in [0.29, 0.717) is 12.5 Å². The highest BCUT2D eigenvalue weighted by molar-refractivity contribution is 6.31. The molecule has 0 bridgehead atoms. The van der Waals surface area contributed by atoms with Gasteiger partial charge in [0, 0.05) is 22.9 Å². The van der Waals surface area contributed by atoms with Crippen LogP contribution in [-0.2, 0) is 12.8 Å². The average molecular weight is 301 g/mol. The van der Waals surface area contributed by atoms with Crippen LogP contribution < -0.4 is 10.6 Å². The van der Waals surface area contributed by atoms with E-state index in [1.165, 1.54) is 16.9 Å². The molecule has 0 saturated carbocycles. The Morgan fingerprint density at radius 3 is 2.71 bits per heavy atom. The first-order valence-electron chi connectivity index (χ1n) is 7.53. The van der Waals surface area contributed by atoms with Crippen LogP contribution in [0, 0.1) is 5.92 Å². The highest BCUT2D eigenvalue weighted by Gasteiger charge is 2.24. The van der Waals surface area contributed by atoms with Crippen LogP contribution in [0.2, 0.25) is 5.02 Å². The quantitative estimate of drug-likeness (QED) is 0.922. The molecule has 3 rings (SSSR count). The number of halogens is 1. The van der Waals surface area contributed by atoms with Gasteiger partial charge in [-0.3, -0.25) is 0 Å². The molecule has 2 nitrogen and oxygen atoms in total. The van der Waals surface area contributed by atoms with Crippen LogP contribution in [0.3, 0.4) is 0 Å². The highest BCUT2D eigenvalue weighted by atomic mass is 35.5. The Labute approximate surface area is 131 Å². The summed E-state index contributed by atoms with van der Waals surface area (Å²) < 4.78 is 0. The third kappa shape index (κ3) is 2.78. The topological polar surface area (TPSA) is 29.3 Å². The van der Waals surface area contributed by atoms with Gasteiger partial charge in [0.1, 0.15) is 0 Å². The molecular formula is C18H21ClN2. The Morgan fingerprint density at radius 1 is 1.14 bits per heavy atom. The molecule has 2 aromatic carbocycles. The molecule has 0 aliphatic carbocycles. The van der Waals surface area contributed by atoms with E-state index >= 15 is 0 Å². The van der Waals surface area contributed by atoms with Gasteiger partial charge in [0.05, 0.1) is 0 Å². The second kappa shape index (κ2) is 6.08. The lowest BCUT2D eigenvalue weighted by atomic mass is 9.92. The molecule has 0 spiro atoms. The maximum absolute atomic E-state index is 6.41. The van der Waals surface area contributed by atoms with Crippen LogP contribution in [0.1, 0.15) is 18.1 Å². The second-order valence-electron chi connectivity index (χ2n) is 5.82. The zero-order valence-electron chi connectivity index (χ0n) is 12.3. The van der Waals surface area contributed by atoms with Gasteiger partial charge in [-0.25, -0.2) is 0 Å². The number of benzene rings is 2. The van der Waals surface area contributed by atoms with E-state index in [-0.39, 0.29) is 0 Å².